The highest BCUT2D eigenvalue weighted by Gasteiger charge is 2.23. The van der Waals surface area contributed by atoms with Crippen molar-refractivity contribution in [3.63, 3.8) is 0 Å². The van der Waals surface area contributed by atoms with E-state index in [1.807, 2.05) is 6.20 Å². The van der Waals surface area contributed by atoms with E-state index in [2.05, 4.69) is 32.8 Å². The van der Waals surface area contributed by atoms with Crippen molar-refractivity contribution >= 4 is 17.7 Å². The van der Waals surface area contributed by atoms with E-state index in [1.165, 1.54) is 31.4 Å². The molecule has 1 N–H and O–H groups in total. The van der Waals surface area contributed by atoms with Crippen LogP contribution in [0.2, 0.25) is 0 Å². The van der Waals surface area contributed by atoms with Crippen molar-refractivity contribution in [1.29, 1.82) is 0 Å². The molecule has 2 heterocycles. The number of nitrogens with one attached hydrogen (secondary N) is 1. The van der Waals surface area contributed by atoms with Crippen LogP contribution in [-0.2, 0) is 6.54 Å². The molecule has 4 heteroatoms. The van der Waals surface area contributed by atoms with E-state index in [-0.39, 0.29) is 0 Å². The fourth-order valence-electron chi connectivity index (χ4n) is 2.01. The second-order valence-electron chi connectivity index (χ2n) is 4.46. The molecule has 0 amide bonds. The lowest BCUT2D eigenvalue weighted by molar-refractivity contribution is 0.641. The Balaban J connectivity index is 1.64. The molecule has 0 aromatic carbocycles. The van der Waals surface area contributed by atoms with E-state index in [9.17, 15) is 0 Å². The molecule has 1 saturated carbocycles. The van der Waals surface area contributed by atoms with Gasteiger partial charge in [0.15, 0.2) is 0 Å². The van der Waals surface area contributed by atoms with Gasteiger partial charge in [-0.1, -0.05) is 0 Å². The molecule has 15 heavy (non-hydrogen) atoms. The van der Waals surface area contributed by atoms with Crippen LogP contribution in [0.15, 0.2) is 12.4 Å². The molecular weight excluding hydrogens is 206 g/mol. The summed E-state index contributed by atoms with van der Waals surface area (Å²) in [4.78, 5) is 4.38. The minimum atomic E-state index is 0.697. The fourth-order valence-corrected chi connectivity index (χ4v) is 3.28. The summed E-state index contributed by atoms with van der Waals surface area (Å²) in [5.41, 5.74) is 0. The number of hydrogen-bond donors (Lipinski definition) is 1. The molecule has 1 aliphatic carbocycles. The predicted molar refractivity (Wildman–Crippen MR) is 64.4 cm³/mol. The Morgan fingerprint density at radius 3 is 3.13 bits per heavy atom. The summed E-state index contributed by atoms with van der Waals surface area (Å²) < 4.78 is 2.28. The van der Waals surface area contributed by atoms with Crippen LogP contribution in [0.25, 0.3) is 0 Å². The average Bonchev–Trinajstić information content (AvgIpc) is 2.75. The summed E-state index contributed by atoms with van der Waals surface area (Å²) in [6.45, 7) is 1.12. The van der Waals surface area contributed by atoms with Gasteiger partial charge in [0.2, 0.25) is 5.95 Å². The Bertz CT molecular complexity index is 326. The molecule has 2 aliphatic rings. The largest absolute Gasteiger partial charge is 0.353 e. The van der Waals surface area contributed by atoms with Crippen LogP contribution in [0, 0.1) is 0 Å². The molecule has 1 aromatic rings. The van der Waals surface area contributed by atoms with Gasteiger partial charge < -0.3 is 9.88 Å². The van der Waals surface area contributed by atoms with Crippen LogP contribution in [0.5, 0.6) is 0 Å². The van der Waals surface area contributed by atoms with Crippen molar-refractivity contribution in [3.8, 4) is 0 Å². The van der Waals surface area contributed by atoms with E-state index in [0.717, 1.165) is 17.7 Å². The van der Waals surface area contributed by atoms with Crippen LogP contribution in [0.4, 0.5) is 5.95 Å². The molecule has 1 unspecified atom stereocenters. The van der Waals surface area contributed by atoms with Crippen LogP contribution in [-0.4, -0.2) is 26.6 Å². The molecule has 82 valence electrons. The number of nitrogens with zero attached hydrogens (tertiary/aromatic N) is 2. The minimum Gasteiger partial charge on any atom is -0.353 e. The van der Waals surface area contributed by atoms with Crippen LogP contribution in [0.3, 0.4) is 0 Å². The highest BCUT2D eigenvalue weighted by molar-refractivity contribution is 8.00. The third-order valence-electron chi connectivity index (χ3n) is 3.05. The zero-order valence-electron chi connectivity index (χ0n) is 8.85. The molecule has 1 aromatic heterocycles. The zero-order valence-corrected chi connectivity index (χ0v) is 9.67. The van der Waals surface area contributed by atoms with Gasteiger partial charge in [0.05, 0.1) is 0 Å². The van der Waals surface area contributed by atoms with Gasteiger partial charge in [-0.25, -0.2) is 4.98 Å². The second-order valence-corrected chi connectivity index (χ2v) is 5.87. The first-order valence-electron chi connectivity index (χ1n) is 5.81. The highest BCUT2D eigenvalue weighted by Crippen LogP contribution is 2.29. The summed E-state index contributed by atoms with van der Waals surface area (Å²) in [6, 6.07) is 0.697. The molecule has 3 rings (SSSR count). The summed E-state index contributed by atoms with van der Waals surface area (Å²) in [6.07, 6.45) is 9.38. The molecule has 0 spiro atoms. The van der Waals surface area contributed by atoms with E-state index in [4.69, 9.17) is 0 Å². The fraction of sp³-hybridized carbons (Fsp3) is 0.727. The van der Waals surface area contributed by atoms with Gasteiger partial charge in [0.1, 0.15) is 0 Å². The summed E-state index contributed by atoms with van der Waals surface area (Å²) in [5.74, 6) is 2.41. The van der Waals surface area contributed by atoms with Crippen molar-refractivity contribution in [1.82, 2.24) is 9.55 Å². The smallest absolute Gasteiger partial charge is 0.203 e. The average molecular weight is 223 g/mol. The maximum absolute atomic E-state index is 4.38. The maximum atomic E-state index is 4.38. The Kier molecular flexibility index (Phi) is 2.61. The van der Waals surface area contributed by atoms with E-state index in [0.29, 0.717) is 6.04 Å². The van der Waals surface area contributed by atoms with Gasteiger partial charge in [0.25, 0.3) is 0 Å². The summed E-state index contributed by atoms with van der Waals surface area (Å²) >= 11 is 2.11. The predicted octanol–water partition coefficient (Wildman–Crippen LogP) is 2.35. The second kappa shape index (κ2) is 4.08. The number of imidazole rings is 1. The van der Waals surface area contributed by atoms with Gasteiger partial charge >= 0.3 is 0 Å². The molecule has 2 fully saturated rings. The van der Waals surface area contributed by atoms with E-state index >= 15 is 0 Å². The SMILES string of the molecule is c1cn(CC2CCCS2)c(NC2CC2)n1. The highest BCUT2D eigenvalue weighted by atomic mass is 32.2. The van der Waals surface area contributed by atoms with Crippen molar-refractivity contribution < 1.29 is 0 Å². The first kappa shape index (κ1) is 9.58. The van der Waals surface area contributed by atoms with Crippen molar-refractivity contribution in [2.45, 2.75) is 43.5 Å². The van der Waals surface area contributed by atoms with E-state index in [1.54, 1.807) is 0 Å². The zero-order chi connectivity index (χ0) is 10.1. The topological polar surface area (TPSA) is 29.9 Å². The number of anilines is 1. The van der Waals surface area contributed by atoms with Crippen LogP contribution in [0.1, 0.15) is 25.7 Å². The lowest BCUT2D eigenvalue weighted by Crippen LogP contribution is -2.14. The number of hydrogen-bond acceptors (Lipinski definition) is 3. The number of rotatable bonds is 4. The molecular formula is C11H17N3S. The normalized spacial score (nSPS) is 25.7. The number of aromatic nitrogens is 2. The Hall–Kier alpha value is -0.640. The first-order chi connectivity index (χ1) is 7.42. The minimum absolute atomic E-state index is 0.697. The molecule has 0 bridgehead atoms. The standard InChI is InChI=1S/C11H17N3S/c1-2-10(15-7-1)8-14-6-5-12-11(14)13-9-3-4-9/h5-6,9-10H,1-4,7-8H2,(H,12,13). The van der Waals surface area contributed by atoms with Crippen LogP contribution >= 0.6 is 11.8 Å². The van der Waals surface area contributed by atoms with Gasteiger partial charge in [0, 0.05) is 30.2 Å². The van der Waals surface area contributed by atoms with Gasteiger partial charge in [-0.05, 0) is 31.4 Å². The van der Waals surface area contributed by atoms with Crippen molar-refractivity contribution in [3.05, 3.63) is 12.4 Å². The van der Waals surface area contributed by atoms with Gasteiger partial charge in [-0.2, -0.15) is 11.8 Å². The molecule has 1 atom stereocenters. The molecule has 1 saturated heterocycles. The van der Waals surface area contributed by atoms with Crippen molar-refractivity contribution in [2.24, 2.45) is 0 Å². The van der Waals surface area contributed by atoms with Crippen LogP contribution < -0.4 is 5.32 Å². The molecule has 0 radical (unpaired) electrons. The van der Waals surface area contributed by atoms with E-state index < -0.39 is 0 Å². The lowest BCUT2D eigenvalue weighted by atomic mass is 10.2. The Morgan fingerprint density at radius 1 is 1.47 bits per heavy atom. The maximum Gasteiger partial charge on any atom is 0.203 e. The third-order valence-corrected chi connectivity index (χ3v) is 4.43. The Labute approximate surface area is 94.7 Å². The lowest BCUT2D eigenvalue weighted by Gasteiger charge is -2.12. The van der Waals surface area contributed by atoms with Gasteiger partial charge in [-0.15, -0.1) is 0 Å². The quantitative estimate of drug-likeness (QED) is 0.850. The summed E-state index contributed by atoms with van der Waals surface area (Å²) in [5, 5.41) is 4.29. The third kappa shape index (κ3) is 2.30. The monoisotopic (exact) mass is 223 g/mol. The summed E-state index contributed by atoms with van der Waals surface area (Å²) in [7, 11) is 0. The van der Waals surface area contributed by atoms with Gasteiger partial charge in [-0.3, -0.25) is 0 Å². The number of thioether (sulfide) groups is 1. The van der Waals surface area contributed by atoms with Crippen molar-refractivity contribution in [2.75, 3.05) is 11.1 Å². The first-order valence-corrected chi connectivity index (χ1v) is 6.86. The molecule has 1 aliphatic heterocycles. The molecule has 3 nitrogen and oxygen atoms in total. The Morgan fingerprint density at radius 2 is 2.40 bits per heavy atom.